The molecule has 2 aromatic rings. The molecular weight excluding hydrogens is 304 g/mol. The van der Waals surface area contributed by atoms with Gasteiger partial charge in [-0.3, -0.25) is 0 Å². The number of rotatable bonds is 5. The van der Waals surface area contributed by atoms with Gasteiger partial charge in [0, 0.05) is 11.0 Å². The summed E-state index contributed by atoms with van der Waals surface area (Å²) < 4.78 is 6.39. The van der Waals surface area contributed by atoms with E-state index >= 15 is 0 Å². The highest BCUT2D eigenvalue weighted by molar-refractivity contribution is 9.10. The molecule has 4 heteroatoms. The minimum Gasteiger partial charge on any atom is -0.494 e. The Hall–Kier alpha value is -1.68. The first-order valence-corrected chi connectivity index (χ1v) is 6.99. The molecule has 3 nitrogen and oxygen atoms in total. The van der Waals surface area contributed by atoms with Crippen molar-refractivity contribution < 1.29 is 4.74 Å². The molecule has 0 spiro atoms. The van der Waals surface area contributed by atoms with Gasteiger partial charge in [-0.1, -0.05) is 28.1 Å². The molecule has 0 atom stereocenters. The van der Waals surface area contributed by atoms with Gasteiger partial charge < -0.3 is 15.8 Å². The number of ether oxygens (including phenoxy) is 1. The van der Waals surface area contributed by atoms with Crippen molar-refractivity contribution in [2.24, 2.45) is 0 Å². The molecule has 0 aromatic heterocycles. The van der Waals surface area contributed by atoms with Gasteiger partial charge in [0.15, 0.2) is 0 Å². The van der Waals surface area contributed by atoms with Crippen LogP contribution in [0.2, 0.25) is 0 Å². The summed E-state index contributed by atoms with van der Waals surface area (Å²) in [6.45, 7) is 3.40. The van der Waals surface area contributed by atoms with Gasteiger partial charge in [-0.05, 0) is 42.8 Å². The van der Waals surface area contributed by atoms with Crippen LogP contribution in [0.5, 0.6) is 5.75 Å². The van der Waals surface area contributed by atoms with Gasteiger partial charge in [-0.15, -0.1) is 0 Å². The molecule has 0 amide bonds. The largest absolute Gasteiger partial charge is 0.494 e. The molecule has 0 heterocycles. The minimum absolute atomic E-state index is 0.688. The number of benzene rings is 2. The molecule has 100 valence electrons. The van der Waals surface area contributed by atoms with E-state index in [1.807, 2.05) is 49.4 Å². The van der Waals surface area contributed by atoms with Crippen molar-refractivity contribution in [2.75, 3.05) is 17.7 Å². The van der Waals surface area contributed by atoms with Crippen LogP contribution < -0.4 is 15.8 Å². The van der Waals surface area contributed by atoms with Gasteiger partial charge in [0.1, 0.15) is 5.75 Å². The molecule has 0 aliphatic rings. The van der Waals surface area contributed by atoms with Crippen LogP contribution in [0.25, 0.3) is 0 Å². The molecule has 2 rings (SSSR count). The lowest BCUT2D eigenvalue weighted by Gasteiger charge is -2.10. The van der Waals surface area contributed by atoms with Gasteiger partial charge in [-0.25, -0.2) is 0 Å². The molecule has 0 aliphatic carbocycles. The third-order valence-corrected chi connectivity index (χ3v) is 3.22. The van der Waals surface area contributed by atoms with Crippen molar-refractivity contribution in [3.63, 3.8) is 0 Å². The fourth-order valence-electron chi connectivity index (χ4n) is 1.76. The molecule has 0 bridgehead atoms. The first kappa shape index (κ1) is 13.7. The molecular formula is C15H17BrN2O. The summed E-state index contributed by atoms with van der Waals surface area (Å²) in [5, 5.41) is 3.32. The molecule has 0 aliphatic heterocycles. The monoisotopic (exact) mass is 320 g/mol. The standard InChI is InChI=1S/C15H17BrN2O/c1-2-19-13-6-3-11(4-7-13)10-18-15-8-5-12(16)9-14(15)17/h3-9,18H,2,10,17H2,1H3. The Labute approximate surface area is 121 Å². The first-order valence-electron chi connectivity index (χ1n) is 6.19. The molecule has 3 N–H and O–H groups in total. The third-order valence-electron chi connectivity index (χ3n) is 2.73. The number of nitrogens with one attached hydrogen (secondary N) is 1. The number of nitrogens with two attached hydrogens (primary N) is 1. The summed E-state index contributed by atoms with van der Waals surface area (Å²) in [7, 11) is 0. The predicted octanol–water partition coefficient (Wildman–Crippen LogP) is 4.04. The summed E-state index contributed by atoms with van der Waals surface area (Å²) >= 11 is 3.39. The van der Waals surface area contributed by atoms with Crippen molar-refractivity contribution in [3.8, 4) is 5.75 Å². The quantitative estimate of drug-likeness (QED) is 0.817. The second-order valence-electron chi connectivity index (χ2n) is 4.16. The van der Waals surface area contributed by atoms with Gasteiger partial charge in [0.25, 0.3) is 0 Å². The van der Waals surface area contributed by atoms with Crippen LogP contribution in [0.4, 0.5) is 11.4 Å². The van der Waals surface area contributed by atoms with Crippen molar-refractivity contribution >= 4 is 27.3 Å². The van der Waals surface area contributed by atoms with Crippen LogP contribution >= 0.6 is 15.9 Å². The van der Waals surface area contributed by atoms with Crippen LogP contribution in [0.1, 0.15) is 12.5 Å². The lowest BCUT2D eigenvalue weighted by atomic mass is 10.2. The van der Waals surface area contributed by atoms with Crippen LogP contribution in [0.3, 0.4) is 0 Å². The maximum absolute atomic E-state index is 5.94. The Kier molecular flexibility index (Phi) is 4.68. The van der Waals surface area contributed by atoms with Crippen LogP contribution in [-0.2, 0) is 6.54 Å². The van der Waals surface area contributed by atoms with E-state index in [0.29, 0.717) is 6.61 Å². The maximum Gasteiger partial charge on any atom is 0.119 e. The molecule has 0 saturated heterocycles. The highest BCUT2D eigenvalue weighted by Crippen LogP contribution is 2.23. The van der Waals surface area contributed by atoms with E-state index in [-0.39, 0.29) is 0 Å². The Balaban J connectivity index is 1.98. The Bertz CT molecular complexity index is 540. The number of halogens is 1. The summed E-state index contributed by atoms with van der Waals surface area (Å²) in [4.78, 5) is 0. The van der Waals surface area contributed by atoms with Crippen LogP contribution in [0.15, 0.2) is 46.9 Å². The minimum atomic E-state index is 0.688. The molecule has 2 aromatic carbocycles. The van der Waals surface area contributed by atoms with Crippen molar-refractivity contribution in [1.82, 2.24) is 0 Å². The summed E-state index contributed by atoms with van der Waals surface area (Å²) in [6.07, 6.45) is 0. The average molecular weight is 321 g/mol. The molecule has 0 unspecified atom stereocenters. The average Bonchev–Trinajstić information content (AvgIpc) is 2.40. The first-order chi connectivity index (χ1) is 9.19. The fourth-order valence-corrected chi connectivity index (χ4v) is 2.14. The molecule has 0 radical (unpaired) electrons. The summed E-state index contributed by atoms with van der Waals surface area (Å²) in [5.41, 5.74) is 8.80. The van der Waals surface area contributed by atoms with E-state index < -0.39 is 0 Å². The predicted molar refractivity (Wildman–Crippen MR) is 83.5 cm³/mol. The van der Waals surface area contributed by atoms with Crippen molar-refractivity contribution in [2.45, 2.75) is 13.5 Å². The third kappa shape index (κ3) is 3.89. The highest BCUT2D eigenvalue weighted by atomic mass is 79.9. The van der Waals surface area contributed by atoms with Gasteiger partial charge in [0.2, 0.25) is 0 Å². The van der Waals surface area contributed by atoms with Gasteiger partial charge in [0.05, 0.1) is 18.0 Å². The van der Waals surface area contributed by atoms with E-state index in [1.165, 1.54) is 5.56 Å². The number of nitrogen functional groups attached to an aromatic ring is 1. The Morgan fingerprint density at radius 2 is 1.89 bits per heavy atom. The van der Waals surface area contributed by atoms with Gasteiger partial charge in [-0.2, -0.15) is 0 Å². The lowest BCUT2D eigenvalue weighted by molar-refractivity contribution is 0.340. The van der Waals surface area contributed by atoms with E-state index in [4.69, 9.17) is 10.5 Å². The van der Waals surface area contributed by atoms with Crippen molar-refractivity contribution in [3.05, 3.63) is 52.5 Å². The Morgan fingerprint density at radius 3 is 2.53 bits per heavy atom. The Morgan fingerprint density at radius 1 is 1.16 bits per heavy atom. The van der Waals surface area contributed by atoms with E-state index in [9.17, 15) is 0 Å². The van der Waals surface area contributed by atoms with E-state index in [0.717, 1.165) is 28.1 Å². The van der Waals surface area contributed by atoms with Crippen LogP contribution in [0, 0.1) is 0 Å². The molecule has 0 fully saturated rings. The zero-order valence-corrected chi connectivity index (χ0v) is 12.4. The van der Waals surface area contributed by atoms with Crippen LogP contribution in [-0.4, -0.2) is 6.61 Å². The van der Waals surface area contributed by atoms with Gasteiger partial charge >= 0.3 is 0 Å². The lowest BCUT2D eigenvalue weighted by Crippen LogP contribution is -2.02. The number of hydrogen-bond donors (Lipinski definition) is 2. The summed E-state index contributed by atoms with van der Waals surface area (Å²) in [6, 6.07) is 13.9. The maximum atomic E-state index is 5.94. The molecule has 19 heavy (non-hydrogen) atoms. The number of hydrogen-bond acceptors (Lipinski definition) is 3. The van der Waals surface area contributed by atoms with E-state index in [2.05, 4.69) is 21.2 Å². The topological polar surface area (TPSA) is 47.3 Å². The summed E-state index contributed by atoms with van der Waals surface area (Å²) in [5.74, 6) is 0.898. The van der Waals surface area contributed by atoms with E-state index in [1.54, 1.807) is 0 Å². The number of anilines is 2. The smallest absolute Gasteiger partial charge is 0.119 e. The zero-order chi connectivity index (χ0) is 13.7. The zero-order valence-electron chi connectivity index (χ0n) is 10.8. The van der Waals surface area contributed by atoms with Crippen molar-refractivity contribution in [1.29, 1.82) is 0 Å². The highest BCUT2D eigenvalue weighted by Gasteiger charge is 2.00. The SMILES string of the molecule is CCOc1ccc(CNc2ccc(Br)cc2N)cc1. The second kappa shape index (κ2) is 6.48. The molecule has 0 saturated carbocycles. The fraction of sp³-hybridized carbons (Fsp3) is 0.200. The second-order valence-corrected chi connectivity index (χ2v) is 5.08. The normalized spacial score (nSPS) is 10.2.